The fourth-order valence-corrected chi connectivity index (χ4v) is 3.76. The predicted octanol–water partition coefficient (Wildman–Crippen LogP) is 3.91. The lowest BCUT2D eigenvalue weighted by atomic mass is 10.1. The van der Waals surface area contributed by atoms with E-state index in [0.29, 0.717) is 6.04 Å². The van der Waals surface area contributed by atoms with Gasteiger partial charge in [-0.1, -0.05) is 31.0 Å². The van der Waals surface area contributed by atoms with Crippen molar-refractivity contribution >= 4 is 11.2 Å². The van der Waals surface area contributed by atoms with Gasteiger partial charge in [0, 0.05) is 12.1 Å². The summed E-state index contributed by atoms with van der Waals surface area (Å²) >= 11 is 0. The average molecular weight is 323 g/mol. The molecule has 0 bridgehead atoms. The number of imidazole rings is 1. The lowest BCUT2D eigenvalue weighted by Crippen LogP contribution is -2.10. The first-order valence-corrected chi connectivity index (χ1v) is 8.80. The van der Waals surface area contributed by atoms with Crippen LogP contribution in [0.2, 0.25) is 0 Å². The standard InChI is InChI=1S/C19H25N5/c1-13-17-19(24(22-13)16-9-4-5-10-16)21-18(20-17)15-8-6-7-14(11-15)12-23(2)3/h6-8,11,16H,4-5,9-10,12H2,1-3H3,(H,20,21). The predicted molar refractivity (Wildman–Crippen MR) is 96.9 cm³/mol. The second-order valence-corrected chi connectivity index (χ2v) is 7.19. The van der Waals surface area contributed by atoms with Gasteiger partial charge in [-0.05, 0) is 45.5 Å². The minimum Gasteiger partial charge on any atom is -0.335 e. The molecule has 1 aliphatic carbocycles. The third-order valence-corrected chi connectivity index (χ3v) is 4.89. The normalized spacial score (nSPS) is 15.8. The van der Waals surface area contributed by atoms with E-state index in [-0.39, 0.29) is 0 Å². The zero-order valence-electron chi connectivity index (χ0n) is 14.7. The van der Waals surface area contributed by atoms with Crippen LogP contribution in [-0.2, 0) is 6.54 Å². The minimum atomic E-state index is 0.512. The van der Waals surface area contributed by atoms with Crippen LogP contribution in [0.5, 0.6) is 0 Å². The number of hydrogen-bond donors (Lipinski definition) is 1. The SMILES string of the molecule is Cc1nn(C2CCCC2)c2nc(-c3cccc(CN(C)C)c3)[nH]c12. The smallest absolute Gasteiger partial charge is 0.177 e. The summed E-state index contributed by atoms with van der Waals surface area (Å²) in [6, 6.07) is 9.13. The van der Waals surface area contributed by atoms with Crippen molar-refractivity contribution in [1.29, 1.82) is 0 Å². The van der Waals surface area contributed by atoms with E-state index in [4.69, 9.17) is 10.1 Å². The average Bonchev–Trinajstić information content (AvgIpc) is 3.25. The van der Waals surface area contributed by atoms with Crippen LogP contribution in [0.3, 0.4) is 0 Å². The van der Waals surface area contributed by atoms with Crippen LogP contribution in [0.4, 0.5) is 0 Å². The first kappa shape index (κ1) is 15.4. The van der Waals surface area contributed by atoms with Gasteiger partial charge in [0.25, 0.3) is 0 Å². The highest BCUT2D eigenvalue weighted by atomic mass is 15.3. The number of fused-ring (bicyclic) bond motifs is 1. The molecule has 24 heavy (non-hydrogen) atoms. The Labute approximate surface area is 142 Å². The highest BCUT2D eigenvalue weighted by molar-refractivity contribution is 5.79. The monoisotopic (exact) mass is 323 g/mol. The molecule has 0 saturated heterocycles. The van der Waals surface area contributed by atoms with E-state index < -0.39 is 0 Å². The van der Waals surface area contributed by atoms with Gasteiger partial charge in [0.1, 0.15) is 11.3 Å². The van der Waals surface area contributed by atoms with Crippen molar-refractivity contribution in [2.24, 2.45) is 0 Å². The molecule has 1 aliphatic rings. The highest BCUT2D eigenvalue weighted by Crippen LogP contribution is 2.33. The fraction of sp³-hybridized carbons (Fsp3) is 0.474. The molecule has 0 spiro atoms. The quantitative estimate of drug-likeness (QED) is 0.792. The Hall–Kier alpha value is -2.14. The van der Waals surface area contributed by atoms with E-state index in [2.05, 4.69) is 59.9 Å². The van der Waals surface area contributed by atoms with E-state index in [9.17, 15) is 0 Å². The first-order chi connectivity index (χ1) is 11.6. The van der Waals surface area contributed by atoms with Gasteiger partial charge in [-0.2, -0.15) is 5.10 Å². The molecule has 2 heterocycles. The van der Waals surface area contributed by atoms with E-state index in [1.54, 1.807) is 0 Å². The molecule has 1 aromatic carbocycles. The van der Waals surface area contributed by atoms with Gasteiger partial charge in [0.15, 0.2) is 5.65 Å². The summed E-state index contributed by atoms with van der Waals surface area (Å²) in [6.07, 6.45) is 5.04. The minimum absolute atomic E-state index is 0.512. The summed E-state index contributed by atoms with van der Waals surface area (Å²) in [5.41, 5.74) is 5.57. The molecule has 0 radical (unpaired) electrons. The van der Waals surface area contributed by atoms with Crippen LogP contribution in [0.1, 0.15) is 43.0 Å². The summed E-state index contributed by atoms with van der Waals surface area (Å²) < 4.78 is 2.15. The molecule has 0 aliphatic heterocycles. The molecule has 4 rings (SSSR count). The molecule has 126 valence electrons. The number of nitrogens with zero attached hydrogens (tertiary/aromatic N) is 4. The molecule has 5 nitrogen and oxygen atoms in total. The van der Waals surface area contributed by atoms with Crippen LogP contribution >= 0.6 is 0 Å². The van der Waals surface area contributed by atoms with Crippen molar-refractivity contribution < 1.29 is 0 Å². The summed E-state index contributed by atoms with van der Waals surface area (Å²) in [6.45, 7) is 3.00. The molecule has 5 heteroatoms. The number of benzene rings is 1. The van der Waals surface area contributed by atoms with Gasteiger partial charge in [0.05, 0.1) is 11.7 Å². The summed E-state index contributed by atoms with van der Waals surface area (Å²) in [5.74, 6) is 0.942. The molecular weight excluding hydrogens is 298 g/mol. The van der Waals surface area contributed by atoms with Crippen LogP contribution in [-0.4, -0.2) is 38.7 Å². The molecule has 1 fully saturated rings. The van der Waals surface area contributed by atoms with E-state index in [1.807, 2.05) is 0 Å². The van der Waals surface area contributed by atoms with Gasteiger partial charge >= 0.3 is 0 Å². The lowest BCUT2D eigenvalue weighted by Gasteiger charge is -2.10. The Kier molecular flexibility index (Phi) is 3.88. The third-order valence-electron chi connectivity index (χ3n) is 4.89. The van der Waals surface area contributed by atoms with E-state index in [0.717, 1.165) is 34.8 Å². The maximum Gasteiger partial charge on any atom is 0.177 e. The van der Waals surface area contributed by atoms with Crippen molar-refractivity contribution in [3.63, 3.8) is 0 Å². The molecule has 0 atom stereocenters. The van der Waals surface area contributed by atoms with Crippen molar-refractivity contribution in [2.75, 3.05) is 14.1 Å². The maximum atomic E-state index is 4.90. The number of H-pyrrole nitrogens is 1. The van der Waals surface area contributed by atoms with Crippen molar-refractivity contribution in [3.05, 3.63) is 35.5 Å². The lowest BCUT2D eigenvalue weighted by molar-refractivity contribution is 0.402. The Morgan fingerprint density at radius 1 is 1.25 bits per heavy atom. The number of aromatic nitrogens is 4. The summed E-state index contributed by atoms with van der Waals surface area (Å²) in [4.78, 5) is 10.6. The van der Waals surface area contributed by atoms with Gasteiger partial charge in [-0.3, -0.25) is 0 Å². The molecular formula is C19H25N5. The molecule has 0 amide bonds. The van der Waals surface area contributed by atoms with Crippen molar-refractivity contribution in [1.82, 2.24) is 24.6 Å². The Bertz CT molecular complexity index is 852. The molecule has 2 aromatic heterocycles. The highest BCUT2D eigenvalue weighted by Gasteiger charge is 2.23. The zero-order valence-corrected chi connectivity index (χ0v) is 14.7. The second-order valence-electron chi connectivity index (χ2n) is 7.19. The molecule has 1 N–H and O–H groups in total. The fourth-order valence-electron chi connectivity index (χ4n) is 3.76. The first-order valence-electron chi connectivity index (χ1n) is 8.80. The van der Waals surface area contributed by atoms with Crippen LogP contribution in [0.25, 0.3) is 22.6 Å². The molecule has 3 aromatic rings. The number of aromatic amines is 1. The van der Waals surface area contributed by atoms with Gasteiger partial charge < -0.3 is 9.88 Å². The maximum absolute atomic E-state index is 4.90. The molecule has 1 saturated carbocycles. The molecule has 0 unspecified atom stereocenters. The van der Waals surface area contributed by atoms with Gasteiger partial charge in [-0.25, -0.2) is 9.67 Å². The largest absolute Gasteiger partial charge is 0.335 e. The number of nitrogens with one attached hydrogen (secondary N) is 1. The number of aryl methyl sites for hydroxylation is 1. The van der Waals surface area contributed by atoms with Crippen LogP contribution in [0.15, 0.2) is 24.3 Å². The third kappa shape index (κ3) is 2.73. The zero-order chi connectivity index (χ0) is 16.7. The van der Waals surface area contributed by atoms with Crippen LogP contribution < -0.4 is 0 Å². The van der Waals surface area contributed by atoms with Crippen molar-refractivity contribution in [2.45, 2.75) is 45.2 Å². The number of rotatable bonds is 4. The Morgan fingerprint density at radius 2 is 2.04 bits per heavy atom. The summed E-state index contributed by atoms with van der Waals surface area (Å²) in [5, 5.41) is 4.74. The van der Waals surface area contributed by atoms with E-state index in [1.165, 1.54) is 31.2 Å². The Balaban J connectivity index is 1.74. The van der Waals surface area contributed by atoms with E-state index >= 15 is 0 Å². The Morgan fingerprint density at radius 3 is 2.79 bits per heavy atom. The summed E-state index contributed by atoms with van der Waals surface area (Å²) in [7, 11) is 4.18. The topological polar surface area (TPSA) is 49.7 Å². The van der Waals surface area contributed by atoms with Gasteiger partial charge in [0.2, 0.25) is 0 Å². The van der Waals surface area contributed by atoms with Crippen molar-refractivity contribution in [3.8, 4) is 11.4 Å². The van der Waals surface area contributed by atoms with Gasteiger partial charge in [-0.15, -0.1) is 0 Å². The second kappa shape index (κ2) is 6.06. The number of hydrogen-bond acceptors (Lipinski definition) is 3. The van der Waals surface area contributed by atoms with Crippen LogP contribution in [0, 0.1) is 6.92 Å².